The number of carboxylic acid groups (broad SMARTS) is 1. The van der Waals surface area contributed by atoms with Crippen molar-refractivity contribution in [1.82, 2.24) is 5.32 Å². The molecule has 1 aliphatic rings. The van der Waals surface area contributed by atoms with Crippen LogP contribution in [0.3, 0.4) is 0 Å². The molecule has 0 radical (unpaired) electrons. The third-order valence-corrected chi connectivity index (χ3v) is 4.89. The maximum Gasteiger partial charge on any atom is 0.336 e. The van der Waals surface area contributed by atoms with Gasteiger partial charge in [-0.15, -0.1) is 0 Å². The zero-order valence-corrected chi connectivity index (χ0v) is 16.7. The number of para-hydroxylation sites is 1. The summed E-state index contributed by atoms with van der Waals surface area (Å²) in [6.07, 6.45) is 1.11. The van der Waals surface area contributed by atoms with E-state index in [9.17, 15) is 28.7 Å². The normalized spacial score (nSPS) is 15.2. The molecule has 2 heterocycles. The molecule has 4 rings (SSSR count). The number of nitrogens with one attached hydrogen (secondary N) is 1. The Kier molecular flexibility index (Phi) is 5.33. The number of furan rings is 1. The maximum absolute atomic E-state index is 14.1. The molecule has 0 spiro atoms. The minimum Gasteiger partial charge on any atom is -0.545 e. The van der Waals surface area contributed by atoms with Gasteiger partial charge >= 0.3 is 6.03 Å². The smallest absolute Gasteiger partial charge is 0.336 e. The standard InChI is InChI=1S/C22H12ClFN2O6/c23-15-9-11(5-7-13(15)21(29)30)18-8-6-12(32-18)10-14-19(27)25-22(31)26(20(14)28)17-4-2-1-3-16(17)24/h1-10H,(H,29,30)(H,25,27,31)/p-1/b14-10-. The van der Waals surface area contributed by atoms with Crippen LogP contribution in [0.5, 0.6) is 0 Å². The molecule has 0 atom stereocenters. The summed E-state index contributed by atoms with van der Waals surface area (Å²) in [6, 6.07) is 11.1. The minimum atomic E-state index is -1.43. The van der Waals surface area contributed by atoms with Crippen LogP contribution in [0.4, 0.5) is 14.9 Å². The fourth-order valence-electron chi connectivity index (χ4n) is 3.07. The molecular formula is C22H11ClFN2O6-. The average Bonchev–Trinajstić information content (AvgIpc) is 3.21. The molecule has 0 bridgehead atoms. The molecule has 3 aromatic rings. The Bertz CT molecular complexity index is 1330. The number of urea groups is 1. The molecule has 1 aliphatic heterocycles. The zero-order valence-electron chi connectivity index (χ0n) is 15.9. The Morgan fingerprint density at radius 3 is 2.53 bits per heavy atom. The average molecular weight is 454 g/mol. The van der Waals surface area contributed by atoms with E-state index in [1.165, 1.54) is 48.5 Å². The Balaban J connectivity index is 1.67. The summed E-state index contributed by atoms with van der Waals surface area (Å²) in [7, 11) is 0. The van der Waals surface area contributed by atoms with Crippen LogP contribution in [-0.2, 0) is 9.59 Å². The van der Waals surface area contributed by atoms with Crippen LogP contribution < -0.4 is 15.3 Å². The van der Waals surface area contributed by atoms with E-state index >= 15 is 0 Å². The quantitative estimate of drug-likeness (QED) is 0.479. The van der Waals surface area contributed by atoms with E-state index in [2.05, 4.69) is 0 Å². The van der Waals surface area contributed by atoms with E-state index in [1.807, 2.05) is 5.32 Å². The van der Waals surface area contributed by atoms with Gasteiger partial charge in [0.15, 0.2) is 0 Å². The van der Waals surface area contributed by atoms with Crippen LogP contribution in [-0.4, -0.2) is 23.8 Å². The second-order valence-corrected chi connectivity index (χ2v) is 7.00. The maximum atomic E-state index is 14.1. The van der Waals surface area contributed by atoms with Crippen molar-refractivity contribution in [3.8, 4) is 11.3 Å². The van der Waals surface area contributed by atoms with Gasteiger partial charge < -0.3 is 14.3 Å². The van der Waals surface area contributed by atoms with Crippen LogP contribution in [0.1, 0.15) is 16.1 Å². The van der Waals surface area contributed by atoms with Gasteiger partial charge in [0.25, 0.3) is 11.8 Å². The number of amides is 4. The third kappa shape index (κ3) is 3.77. The van der Waals surface area contributed by atoms with Crippen molar-refractivity contribution in [2.24, 2.45) is 0 Å². The van der Waals surface area contributed by atoms with Crippen LogP contribution >= 0.6 is 11.6 Å². The number of carbonyl (C=O) groups is 4. The number of hydrogen-bond donors (Lipinski definition) is 1. The second-order valence-electron chi connectivity index (χ2n) is 6.59. The highest BCUT2D eigenvalue weighted by molar-refractivity contribution is 6.39. The molecule has 160 valence electrons. The first kappa shape index (κ1) is 21.0. The number of rotatable bonds is 4. The lowest BCUT2D eigenvalue weighted by Crippen LogP contribution is -2.54. The number of halogens is 2. The van der Waals surface area contributed by atoms with Crippen LogP contribution in [0, 0.1) is 5.82 Å². The van der Waals surface area contributed by atoms with Crippen molar-refractivity contribution in [3.05, 3.63) is 82.3 Å². The molecular weight excluding hydrogens is 443 g/mol. The molecule has 2 aromatic carbocycles. The summed E-state index contributed by atoms with van der Waals surface area (Å²) in [4.78, 5) is 48.7. The number of aromatic carboxylic acids is 1. The summed E-state index contributed by atoms with van der Waals surface area (Å²) < 4.78 is 19.7. The lowest BCUT2D eigenvalue weighted by Gasteiger charge is -2.26. The Hall–Kier alpha value is -4.24. The summed E-state index contributed by atoms with van der Waals surface area (Å²) in [5.74, 6) is -3.88. The van der Waals surface area contributed by atoms with Gasteiger partial charge in [-0.05, 0) is 36.4 Å². The van der Waals surface area contributed by atoms with Crippen molar-refractivity contribution >= 4 is 47.2 Å². The Morgan fingerprint density at radius 1 is 1.09 bits per heavy atom. The van der Waals surface area contributed by atoms with Crippen molar-refractivity contribution < 1.29 is 33.1 Å². The topological polar surface area (TPSA) is 120 Å². The molecule has 0 unspecified atom stereocenters. The number of carbonyl (C=O) groups excluding carboxylic acids is 4. The highest BCUT2D eigenvalue weighted by atomic mass is 35.5. The van der Waals surface area contributed by atoms with E-state index < -0.39 is 35.2 Å². The van der Waals surface area contributed by atoms with Gasteiger partial charge in [0.05, 0.1) is 16.7 Å². The summed E-state index contributed by atoms with van der Waals surface area (Å²) in [5, 5.41) is 12.9. The molecule has 32 heavy (non-hydrogen) atoms. The SMILES string of the molecule is O=C1NC(=O)N(c2ccccc2F)C(=O)/C1=C\c1ccc(-c2ccc(C(=O)[O-])c(Cl)c2)o1. The van der Waals surface area contributed by atoms with Gasteiger partial charge in [0, 0.05) is 11.1 Å². The number of nitrogens with zero attached hydrogens (tertiary/aromatic N) is 1. The number of barbiturate groups is 1. The van der Waals surface area contributed by atoms with Crippen molar-refractivity contribution in [2.75, 3.05) is 4.90 Å². The van der Waals surface area contributed by atoms with E-state index in [4.69, 9.17) is 16.0 Å². The van der Waals surface area contributed by atoms with Crippen molar-refractivity contribution in [1.29, 1.82) is 0 Å². The van der Waals surface area contributed by atoms with E-state index in [0.29, 0.717) is 10.5 Å². The fraction of sp³-hybridized carbons (Fsp3) is 0. The van der Waals surface area contributed by atoms with Gasteiger partial charge in [0.2, 0.25) is 0 Å². The van der Waals surface area contributed by atoms with Crippen molar-refractivity contribution in [3.63, 3.8) is 0 Å². The molecule has 8 nitrogen and oxygen atoms in total. The summed E-state index contributed by atoms with van der Waals surface area (Å²) in [5.41, 5.74) is -0.505. The molecule has 10 heteroatoms. The zero-order chi connectivity index (χ0) is 23.0. The molecule has 1 fully saturated rings. The lowest BCUT2D eigenvalue weighted by molar-refractivity contribution is -0.255. The van der Waals surface area contributed by atoms with Gasteiger partial charge in [-0.2, -0.15) is 0 Å². The molecule has 0 aliphatic carbocycles. The molecule has 0 saturated carbocycles. The first-order chi connectivity index (χ1) is 15.3. The van der Waals surface area contributed by atoms with Crippen LogP contribution in [0.15, 0.2) is 64.6 Å². The molecule has 1 N–H and O–H groups in total. The van der Waals surface area contributed by atoms with Gasteiger partial charge in [-0.25, -0.2) is 14.1 Å². The van der Waals surface area contributed by atoms with E-state index in [-0.39, 0.29) is 27.8 Å². The Labute approximate surface area is 184 Å². The van der Waals surface area contributed by atoms with Crippen LogP contribution in [0.25, 0.3) is 17.4 Å². The summed E-state index contributed by atoms with van der Waals surface area (Å²) in [6.45, 7) is 0. The van der Waals surface area contributed by atoms with Crippen molar-refractivity contribution in [2.45, 2.75) is 0 Å². The highest BCUT2D eigenvalue weighted by Crippen LogP contribution is 2.29. The first-order valence-corrected chi connectivity index (χ1v) is 9.41. The number of imide groups is 2. The molecule has 1 saturated heterocycles. The Morgan fingerprint density at radius 2 is 1.84 bits per heavy atom. The third-order valence-electron chi connectivity index (χ3n) is 4.58. The lowest BCUT2D eigenvalue weighted by atomic mass is 10.1. The fourth-order valence-corrected chi connectivity index (χ4v) is 3.33. The second kappa shape index (κ2) is 8.12. The number of benzene rings is 2. The van der Waals surface area contributed by atoms with E-state index in [0.717, 1.165) is 12.1 Å². The number of carboxylic acids is 1. The molecule has 4 amide bonds. The highest BCUT2D eigenvalue weighted by Gasteiger charge is 2.38. The van der Waals surface area contributed by atoms with E-state index in [1.54, 1.807) is 0 Å². The minimum absolute atomic E-state index is 0.0558. The monoisotopic (exact) mass is 453 g/mol. The van der Waals surface area contributed by atoms with Crippen LogP contribution in [0.2, 0.25) is 5.02 Å². The van der Waals surface area contributed by atoms with Gasteiger partial charge in [0.1, 0.15) is 22.9 Å². The summed E-state index contributed by atoms with van der Waals surface area (Å²) >= 11 is 5.94. The van der Waals surface area contributed by atoms with Gasteiger partial charge in [-0.1, -0.05) is 35.9 Å². The molecule has 1 aromatic heterocycles. The first-order valence-electron chi connectivity index (χ1n) is 9.03. The number of hydrogen-bond acceptors (Lipinski definition) is 6. The number of anilines is 1. The van der Waals surface area contributed by atoms with Gasteiger partial charge in [-0.3, -0.25) is 14.9 Å². The predicted molar refractivity (Wildman–Crippen MR) is 109 cm³/mol. The predicted octanol–water partition coefficient (Wildman–Crippen LogP) is 2.77. The largest absolute Gasteiger partial charge is 0.545 e.